The number of rotatable bonds is 4. The number of nitrogens with one attached hydrogen (secondary N) is 2. The highest BCUT2D eigenvalue weighted by atomic mass is 32.1. The van der Waals surface area contributed by atoms with Crippen molar-refractivity contribution in [2.45, 2.75) is 12.7 Å². The fourth-order valence-electron chi connectivity index (χ4n) is 2.70. The Balaban J connectivity index is 1.73. The summed E-state index contributed by atoms with van der Waals surface area (Å²) >= 11 is 1.47. The van der Waals surface area contributed by atoms with Crippen molar-refractivity contribution in [3.05, 3.63) is 64.5 Å². The van der Waals surface area contributed by atoms with Gasteiger partial charge < -0.3 is 14.7 Å². The van der Waals surface area contributed by atoms with E-state index in [0.717, 1.165) is 10.9 Å². The molecule has 0 unspecified atom stereocenters. The van der Waals surface area contributed by atoms with E-state index in [0.29, 0.717) is 11.1 Å². The number of carbonyl (C=O) groups excluding carboxylic acids is 1. The maximum atomic E-state index is 13.5. The molecule has 0 radical (unpaired) electrons. The van der Waals surface area contributed by atoms with Gasteiger partial charge in [-0.15, -0.1) is 11.3 Å². The predicted molar refractivity (Wildman–Crippen MR) is 94.3 cm³/mol. The van der Waals surface area contributed by atoms with E-state index < -0.39 is 17.6 Å². The van der Waals surface area contributed by atoms with Gasteiger partial charge in [-0.25, -0.2) is 4.98 Å². The number of amides is 1. The second kappa shape index (κ2) is 6.58. The number of imidazole rings is 1. The van der Waals surface area contributed by atoms with Gasteiger partial charge >= 0.3 is 6.18 Å². The van der Waals surface area contributed by atoms with Crippen LogP contribution in [0.25, 0.3) is 22.2 Å². The topological polar surface area (TPSA) is 70.9 Å². The van der Waals surface area contributed by atoms with E-state index in [1.54, 1.807) is 6.07 Å². The minimum atomic E-state index is -4.61. The summed E-state index contributed by atoms with van der Waals surface area (Å²) < 4.78 is 45.5. The van der Waals surface area contributed by atoms with Crippen molar-refractivity contribution in [3.63, 3.8) is 0 Å². The summed E-state index contributed by atoms with van der Waals surface area (Å²) in [7, 11) is 0. The second-order valence-electron chi connectivity index (χ2n) is 5.78. The molecule has 3 heterocycles. The molecule has 0 saturated heterocycles. The highest BCUT2D eigenvalue weighted by Crippen LogP contribution is 2.37. The first kappa shape index (κ1) is 17.3. The first-order valence-electron chi connectivity index (χ1n) is 7.86. The summed E-state index contributed by atoms with van der Waals surface area (Å²) in [5.41, 5.74) is -0.262. The van der Waals surface area contributed by atoms with E-state index in [-0.39, 0.29) is 23.4 Å². The molecule has 1 amide bonds. The lowest BCUT2D eigenvalue weighted by Crippen LogP contribution is -2.23. The third-order valence-corrected chi connectivity index (χ3v) is 4.84. The molecule has 27 heavy (non-hydrogen) atoms. The van der Waals surface area contributed by atoms with Crippen LogP contribution in [0.15, 0.2) is 52.7 Å². The number of hydrogen-bond acceptors (Lipinski definition) is 4. The Hall–Kier alpha value is -3.07. The van der Waals surface area contributed by atoms with Gasteiger partial charge in [0.2, 0.25) is 0 Å². The normalized spacial score (nSPS) is 11.8. The number of aromatic nitrogens is 2. The number of alkyl halides is 3. The van der Waals surface area contributed by atoms with Gasteiger partial charge in [-0.2, -0.15) is 13.2 Å². The van der Waals surface area contributed by atoms with Crippen molar-refractivity contribution < 1.29 is 22.4 Å². The lowest BCUT2D eigenvalue weighted by molar-refractivity contribution is -0.136. The first-order chi connectivity index (χ1) is 12.9. The smallest absolute Gasteiger partial charge is 0.418 e. The van der Waals surface area contributed by atoms with Crippen molar-refractivity contribution in [2.24, 2.45) is 0 Å². The molecule has 0 atom stereocenters. The molecule has 9 heteroatoms. The SMILES string of the molecule is O=C(NCc1cccs1)c1nc2c(C(F)(F)F)cc(-c3ccoc3)cc2[nH]1. The van der Waals surface area contributed by atoms with Gasteiger partial charge in [-0.1, -0.05) is 6.07 Å². The average Bonchev–Trinajstić information content (AvgIpc) is 3.38. The largest absolute Gasteiger partial charge is 0.472 e. The minimum Gasteiger partial charge on any atom is -0.472 e. The summed E-state index contributed by atoms with van der Waals surface area (Å²) in [6, 6.07) is 7.77. The Morgan fingerprint density at radius 1 is 1.26 bits per heavy atom. The molecule has 3 aromatic heterocycles. The number of halogens is 3. The Morgan fingerprint density at radius 2 is 2.11 bits per heavy atom. The summed E-state index contributed by atoms with van der Waals surface area (Å²) in [6.07, 6.45) is -1.88. The van der Waals surface area contributed by atoms with Crippen LogP contribution < -0.4 is 5.32 Å². The van der Waals surface area contributed by atoms with Crippen LogP contribution in [0.5, 0.6) is 0 Å². The molecule has 0 fully saturated rings. The second-order valence-corrected chi connectivity index (χ2v) is 6.81. The van der Waals surface area contributed by atoms with Gasteiger partial charge in [0.1, 0.15) is 5.52 Å². The number of H-pyrrole nitrogens is 1. The molecule has 0 aliphatic carbocycles. The Kier molecular flexibility index (Phi) is 4.23. The van der Waals surface area contributed by atoms with E-state index in [1.165, 1.54) is 29.9 Å². The predicted octanol–water partition coefficient (Wildman–Crippen LogP) is 4.83. The number of nitrogens with zero attached hydrogens (tertiary/aromatic N) is 1. The third-order valence-electron chi connectivity index (χ3n) is 3.96. The molecular formula is C18H12F3N3O2S. The molecule has 0 saturated carbocycles. The van der Waals surface area contributed by atoms with E-state index in [4.69, 9.17) is 4.42 Å². The standard InChI is InChI=1S/C18H12F3N3O2S/c19-18(20,21)13-6-11(10-3-4-26-9-10)7-14-15(13)24-16(23-14)17(25)22-8-12-2-1-5-27-12/h1-7,9H,8H2,(H,22,25)(H,23,24). The van der Waals surface area contributed by atoms with E-state index in [1.807, 2.05) is 17.5 Å². The van der Waals surface area contributed by atoms with E-state index in [2.05, 4.69) is 15.3 Å². The lowest BCUT2D eigenvalue weighted by atomic mass is 10.0. The van der Waals surface area contributed by atoms with Crippen LogP contribution in [0.4, 0.5) is 13.2 Å². The lowest BCUT2D eigenvalue weighted by Gasteiger charge is -2.09. The maximum absolute atomic E-state index is 13.5. The van der Waals surface area contributed by atoms with Crippen LogP contribution >= 0.6 is 11.3 Å². The van der Waals surface area contributed by atoms with Crippen LogP contribution in [0.1, 0.15) is 21.1 Å². The van der Waals surface area contributed by atoms with Crippen LogP contribution in [0.3, 0.4) is 0 Å². The van der Waals surface area contributed by atoms with Crippen LogP contribution in [-0.4, -0.2) is 15.9 Å². The van der Waals surface area contributed by atoms with Crippen molar-refractivity contribution in [2.75, 3.05) is 0 Å². The zero-order valence-electron chi connectivity index (χ0n) is 13.6. The Morgan fingerprint density at radius 3 is 2.78 bits per heavy atom. The highest BCUT2D eigenvalue weighted by Gasteiger charge is 2.35. The summed E-state index contributed by atoms with van der Waals surface area (Å²) in [5, 5.41) is 4.51. The van der Waals surface area contributed by atoms with Crippen molar-refractivity contribution in [1.29, 1.82) is 0 Å². The first-order valence-corrected chi connectivity index (χ1v) is 8.74. The number of benzene rings is 1. The number of hydrogen-bond donors (Lipinski definition) is 2. The number of carbonyl (C=O) groups is 1. The molecule has 0 aliphatic rings. The fourth-order valence-corrected chi connectivity index (χ4v) is 3.35. The minimum absolute atomic E-state index is 0.127. The average molecular weight is 391 g/mol. The van der Waals surface area contributed by atoms with E-state index >= 15 is 0 Å². The molecule has 4 rings (SSSR count). The molecule has 4 aromatic rings. The van der Waals surface area contributed by atoms with Gasteiger partial charge in [-0.3, -0.25) is 4.79 Å². The van der Waals surface area contributed by atoms with E-state index in [9.17, 15) is 18.0 Å². The molecule has 2 N–H and O–H groups in total. The summed E-state index contributed by atoms with van der Waals surface area (Å²) in [5.74, 6) is -0.742. The highest BCUT2D eigenvalue weighted by molar-refractivity contribution is 7.09. The van der Waals surface area contributed by atoms with Crippen LogP contribution in [0, 0.1) is 0 Å². The molecule has 0 spiro atoms. The fraction of sp³-hybridized carbons (Fsp3) is 0.111. The third kappa shape index (κ3) is 3.45. The van der Waals surface area contributed by atoms with Gasteiger partial charge in [0.15, 0.2) is 5.82 Å². The molecule has 0 bridgehead atoms. The van der Waals surface area contributed by atoms with Gasteiger partial charge in [0, 0.05) is 10.4 Å². The molecule has 0 aliphatic heterocycles. The Labute approximate surface area is 154 Å². The maximum Gasteiger partial charge on any atom is 0.418 e. The van der Waals surface area contributed by atoms with Crippen molar-refractivity contribution in [3.8, 4) is 11.1 Å². The molecule has 1 aromatic carbocycles. The van der Waals surface area contributed by atoms with Crippen LogP contribution in [0.2, 0.25) is 0 Å². The summed E-state index contributed by atoms with van der Waals surface area (Å²) in [4.78, 5) is 19.8. The van der Waals surface area contributed by atoms with Crippen molar-refractivity contribution in [1.82, 2.24) is 15.3 Å². The number of furan rings is 1. The number of fused-ring (bicyclic) bond motifs is 1. The van der Waals surface area contributed by atoms with Gasteiger partial charge in [0.05, 0.1) is 30.2 Å². The number of aromatic amines is 1. The monoisotopic (exact) mass is 391 g/mol. The zero-order valence-corrected chi connectivity index (χ0v) is 14.4. The quantitative estimate of drug-likeness (QED) is 0.523. The Bertz CT molecular complexity index is 1080. The summed E-state index contributed by atoms with van der Waals surface area (Å²) in [6.45, 7) is 0.278. The molecule has 138 valence electrons. The molecular weight excluding hydrogens is 379 g/mol. The van der Waals surface area contributed by atoms with Gasteiger partial charge in [-0.05, 0) is 35.2 Å². The van der Waals surface area contributed by atoms with Crippen molar-refractivity contribution >= 4 is 28.3 Å². The number of thiophene rings is 1. The zero-order chi connectivity index (χ0) is 19.0. The molecule has 5 nitrogen and oxygen atoms in total. The van der Waals surface area contributed by atoms with Gasteiger partial charge in [0.25, 0.3) is 5.91 Å². The van der Waals surface area contributed by atoms with Crippen LogP contribution in [-0.2, 0) is 12.7 Å².